The fourth-order valence-corrected chi connectivity index (χ4v) is 10.00. The molecular formula is C52H79N3O15. The number of likely N-dealkylation sites (N-methyl/N-ethyl adjacent to an activating group) is 1. The highest BCUT2D eigenvalue weighted by molar-refractivity contribution is 5.93. The van der Waals surface area contributed by atoms with Crippen molar-refractivity contribution in [3.05, 3.63) is 65.3 Å². The number of primary amides is 1. The number of fused-ring (bicyclic) bond motifs is 3. The van der Waals surface area contributed by atoms with Crippen molar-refractivity contribution < 1.29 is 72.4 Å². The highest BCUT2D eigenvalue weighted by Gasteiger charge is 2.48. The van der Waals surface area contributed by atoms with Crippen molar-refractivity contribution in [1.82, 2.24) is 4.90 Å². The van der Waals surface area contributed by atoms with Gasteiger partial charge < -0.3 is 68.7 Å². The van der Waals surface area contributed by atoms with Crippen LogP contribution in [0.4, 0.5) is 0 Å². The average molecular weight is 986 g/mol. The van der Waals surface area contributed by atoms with Crippen molar-refractivity contribution in [3.63, 3.8) is 0 Å². The number of nitrogens with zero attached hydrogens (tertiary/aromatic N) is 2. The highest BCUT2D eigenvalue weighted by atomic mass is 16.7. The quantitative estimate of drug-likeness (QED) is 0.117. The summed E-state index contributed by atoms with van der Waals surface area (Å²) in [6, 6.07) is 6.16. The van der Waals surface area contributed by atoms with Crippen LogP contribution >= 0.6 is 0 Å². The van der Waals surface area contributed by atoms with Crippen LogP contribution in [0.1, 0.15) is 89.1 Å². The molecule has 0 radical (unpaired) electrons. The third kappa shape index (κ3) is 15.8. The number of hydrogen-bond acceptors (Lipinski definition) is 17. The monoisotopic (exact) mass is 986 g/mol. The van der Waals surface area contributed by atoms with Crippen molar-refractivity contribution in [2.75, 3.05) is 61.3 Å². The van der Waals surface area contributed by atoms with Gasteiger partial charge in [-0.3, -0.25) is 14.4 Å². The Bertz CT molecular complexity index is 1960. The summed E-state index contributed by atoms with van der Waals surface area (Å²) in [5, 5.41) is 37.8. The minimum absolute atomic E-state index is 0.0370. The lowest BCUT2D eigenvalue weighted by atomic mass is 9.79. The van der Waals surface area contributed by atoms with Crippen LogP contribution in [-0.4, -0.2) is 178 Å². The van der Waals surface area contributed by atoms with Gasteiger partial charge in [-0.05, 0) is 95.8 Å². The van der Waals surface area contributed by atoms with Gasteiger partial charge in [0.25, 0.3) is 0 Å². The zero-order chi connectivity index (χ0) is 51.1. The molecule has 18 nitrogen and oxygen atoms in total. The molecule has 2 bridgehead atoms. The number of ether oxygens (including phenoxy) is 8. The number of benzene rings is 1. The van der Waals surface area contributed by atoms with Gasteiger partial charge in [0, 0.05) is 44.1 Å². The number of ketones is 1. The van der Waals surface area contributed by atoms with Crippen molar-refractivity contribution in [2.45, 2.75) is 147 Å². The lowest BCUT2D eigenvalue weighted by Crippen LogP contribution is -2.63. The maximum Gasteiger partial charge on any atom is 0.308 e. The smallest absolute Gasteiger partial charge is 0.308 e. The van der Waals surface area contributed by atoms with E-state index in [1.807, 2.05) is 39.8 Å². The van der Waals surface area contributed by atoms with Crippen molar-refractivity contribution in [1.29, 1.82) is 0 Å². The molecule has 18 heteroatoms. The van der Waals surface area contributed by atoms with E-state index in [4.69, 9.17) is 48.5 Å². The predicted octanol–water partition coefficient (Wildman–Crippen LogP) is 4.02. The summed E-state index contributed by atoms with van der Waals surface area (Å²) in [5.74, 6) is -3.05. The first-order valence-corrected chi connectivity index (χ1v) is 24.7. The van der Waals surface area contributed by atoms with Crippen molar-refractivity contribution >= 4 is 29.4 Å². The number of allylic oxidation sites excluding steroid dienone is 3. The maximum atomic E-state index is 14.4. The molecule has 5 N–H and O–H groups in total. The second kappa shape index (κ2) is 27.8. The van der Waals surface area contributed by atoms with Crippen molar-refractivity contribution in [3.8, 4) is 0 Å². The van der Waals surface area contributed by atoms with Gasteiger partial charge in [-0.2, -0.15) is 0 Å². The lowest BCUT2D eigenvalue weighted by Gasteiger charge is -2.47. The number of carbonyl (C=O) groups is 3. The van der Waals surface area contributed by atoms with Gasteiger partial charge in [-0.25, -0.2) is 0 Å². The second-order valence-corrected chi connectivity index (χ2v) is 19.4. The summed E-state index contributed by atoms with van der Waals surface area (Å²) in [6.45, 7) is 9.72. The Balaban J connectivity index is 1.49. The summed E-state index contributed by atoms with van der Waals surface area (Å²) in [5.41, 5.74) is 7.78. The number of aliphatic hydroxyl groups is 3. The Labute approximate surface area is 413 Å². The first kappa shape index (κ1) is 57.0. The van der Waals surface area contributed by atoms with Crippen LogP contribution < -0.4 is 5.73 Å². The van der Waals surface area contributed by atoms with Crippen LogP contribution in [0.5, 0.6) is 0 Å². The lowest BCUT2D eigenvalue weighted by molar-refractivity contribution is -0.305. The molecule has 0 spiro atoms. The summed E-state index contributed by atoms with van der Waals surface area (Å²) in [6.07, 6.45) is 2.15. The van der Waals surface area contributed by atoms with Crippen LogP contribution in [0, 0.1) is 23.7 Å². The first-order valence-electron chi connectivity index (χ1n) is 24.7. The van der Waals surface area contributed by atoms with Crippen molar-refractivity contribution in [2.24, 2.45) is 34.6 Å². The molecular weight excluding hydrogens is 907 g/mol. The van der Waals surface area contributed by atoms with E-state index in [0.29, 0.717) is 43.4 Å². The number of methoxy groups -OCH3 is 2. The second-order valence-electron chi connectivity index (χ2n) is 19.4. The molecule has 2 saturated heterocycles. The fraction of sp³-hybridized carbons (Fsp3) is 0.692. The highest BCUT2D eigenvalue weighted by Crippen LogP contribution is 2.36. The van der Waals surface area contributed by atoms with E-state index in [0.717, 1.165) is 11.1 Å². The van der Waals surface area contributed by atoms with Crippen LogP contribution in [0.25, 0.3) is 6.08 Å². The third-order valence-corrected chi connectivity index (χ3v) is 14.0. The molecule has 16 atom stereocenters. The van der Waals surface area contributed by atoms with Gasteiger partial charge in [-0.15, -0.1) is 0 Å². The number of rotatable bonds is 14. The number of nitrogens with two attached hydrogens (primary N) is 1. The predicted molar refractivity (Wildman–Crippen MR) is 260 cm³/mol. The molecule has 1 aliphatic carbocycles. The number of carbonyl (C=O) groups excluding carboxylic acids is 3. The fourth-order valence-electron chi connectivity index (χ4n) is 10.00. The number of amides is 1. The van der Waals surface area contributed by atoms with Gasteiger partial charge in [-0.1, -0.05) is 61.9 Å². The van der Waals surface area contributed by atoms with Gasteiger partial charge in [0.2, 0.25) is 5.91 Å². The average Bonchev–Trinajstić information content (AvgIpc) is 3.35. The molecule has 3 aliphatic heterocycles. The van der Waals surface area contributed by atoms with Crippen LogP contribution in [0.2, 0.25) is 0 Å². The van der Waals surface area contributed by atoms with E-state index < -0.39 is 103 Å². The Morgan fingerprint density at radius 2 is 1.74 bits per heavy atom. The maximum absolute atomic E-state index is 14.4. The SMILES string of the molecule is CC[C@H]1OC(=O)C[C@H]2OC/C(=N/OC/C=C/c3cccc(C(N)=O)c3)COCCC(C[C@@H](C)C(=O)/C=C/C(C)=C/[C@@H]1CO[C@@H]1CC[C@@H](O)[C@@H](OC)[C@H]1OC)[C@H](O[C@@H]1O[C@H](C)[C@@H](O)[C@H](N(C)C)[C@H]1O)[C@H]2C. The Morgan fingerprint density at radius 1 is 0.986 bits per heavy atom. The molecule has 1 amide bonds. The van der Waals surface area contributed by atoms with E-state index in [9.17, 15) is 29.7 Å². The van der Waals surface area contributed by atoms with E-state index in [2.05, 4.69) is 5.16 Å². The summed E-state index contributed by atoms with van der Waals surface area (Å²) in [7, 11) is 6.62. The number of hydrogen-bond donors (Lipinski definition) is 4. The molecule has 3 fully saturated rings. The Kier molecular flexibility index (Phi) is 22.6. The summed E-state index contributed by atoms with van der Waals surface area (Å²) < 4.78 is 50.2. The molecule has 70 heavy (non-hydrogen) atoms. The van der Waals surface area contributed by atoms with Crippen LogP contribution in [0.3, 0.4) is 0 Å². The molecule has 1 saturated carbocycles. The molecule has 1 aromatic carbocycles. The topological polar surface area (TPSA) is 237 Å². The molecule has 1 aromatic rings. The summed E-state index contributed by atoms with van der Waals surface area (Å²) in [4.78, 5) is 47.6. The van der Waals surface area contributed by atoms with Gasteiger partial charge >= 0.3 is 5.97 Å². The van der Waals surface area contributed by atoms with Crippen LogP contribution in [0.15, 0.2) is 59.3 Å². The normalized spacial score (nSPS) is 37.4. The zero-order valence-electron chi connectivity index (χ0n) is 42.4. The molecule has 5 rings (SSSR count). The molecule has 4 aliphatic rings. The van der Waals surface area contributed by atoms with Gasteiger partial charge in [0.1, 0.15) is 36.7 Å². The van der Waals surface area contributed by atoms with E-state index in [1.54, 1.807) is 75.5 Å². The number of aliphatic hydroxyl groups excluding tert-OH is 3. The van der Waals surface area contributed by atoms with E-state index in [-0.39, 0.29) is 51.2 Å². The number of esters is 1. The number of cyclic esters (lactones) is 1. The standard InChI is InChI=1S/C52H79N3O15/c1-10-41-37(27-65-42-19-18-40(57)49(62-8)50(42)63-9)23-30(2)16-17-39(56)31(3)24-35-20-22-64-28-38(54-67-21-12-14-34-13-11-15-36(25-34)51(53)61)29-66-43(26-44(58)69-41)32(4)48(35)70-52-47(60)45(55(6)7)46(59)33(5)68-52/h11-17,23,25,31-33,35,37,40-43,45-50,52,57,59-60H,10,18-22,24,26-29H2,1-9H3,(H2,53,61)/b14-12+,17-16+,30-23+,54-38+/t31-,32+,33-,35?,37-,40-,41-,42-,43-,45+,46-,47-,48-,49-,50+,52+/m1/s1. The van der Waals surface area contributed by atoms with Crippen LogP contribution in [-0.2, 0) is 52.3 Å². The Hall–Kier alpha value is -3.92. The number of oxime groups is 1. The van der Waals surface area contributed by atoms with E-state index in [1.165, 1.54) is 7.11 Å². The first-order chi connectivity index (χ1) is 33.4. The Morgan fingerprint density at radius 3 is 2.44 bits per heavy atom. The zero-order valence-corrected chi connectivity index (χ0v) is 42.4. The third-order valence-electron chi connectivity index (χ3n) is 14.0. The van der Waals surface area contributed by atoms with E-state index >= 15 is 0 Å². The van der Waals surface area contributed by atoms with Gasteiger partial charge in [0.05, 0.1) is 68.9 Å². The molecule has 1 unspecified atom stereocenters. The summed E-state index contributed by atoms with van der Waals surface area (Å²) >= 11 is 0. The minimum atomic E-state index is -1.26. The largest absolute Gasteiger partial charge is 0.462 e. The molecule has 392 valence electrons. The van der Waals surface area contributed by atoms with Gasteiger partial charge in [0.15, 0.2) is 12.1 Å². The minimum Gasteiger partial charge on any atom is -0.462 e. The molecule has 0 aromatic heterocycles. The molecule has 3 heterocycles.